The molecule has 1 unspecified atom stereocenters. The molecular formula is C10H18N2OS. The molecule has 0 aliphatic rings. The SMILES string of the molecule is CNC(C)CCSc1nc(C)c(C)o1. The van der Waals surface area contributed by atoms with E-state index in [4.69, 9.17) is 4.42 Å². The number of aromatic nitrogens is 1. The highest BCUT2D eigenvalue weighted by atomic mass is 32.2. The molecule has 4 heteroatoms. The summed E-state index contributed by atoms with van der Waals surface area (Å²) in [6, 6.07) is 0.555. The Morgan fingerprint density at radius 3 is 2.71 bits per heavy atom. The highest BCUT2D eigenvalue weighted by molar-refractivity contribution is 7.99. The molecule has 0 radical (unpaired) electrons. The molecule has 0 aromatic carbocycles. The summed E-state index contributed by atoms with van der Waals surface area (Å²) in [4.78, 5) is 4.31. The monoisotopic (exact) mass is 214 g/mol. The van der Waals surface area contributed by atoms with Crippen molar-refractivity contribution in [3.8, 4) is 0 Å². The Labute approximate surface area is 89.7 Å². The number of nitrogens with zero attached hydrogens (tertiary/aromatic N) is 1. The van der Waals surface area contributed by atoms with Gasteiger partial charge in [0.1, 0.15) is 5.76 Å². The van der Waals surface area contributed by atoms with E-state index < -0.39 is 0 Å². The van der Waals surface area contributed by atoms with Crippen LogP contribution in [0.5, 0.6) is 0 Å². The van der Waals surface area contributed by atoms with E-state index in [1.165, 1.54) is 0 Å². The van der Waals surface area contributed by atoms with Crippen LogP contribution in [0.4, 0.5) is 0 Å². The number of hydrogen-bond donors (Lipinski definition) is 1. The summed E-state index contributed by atoms with van der Waals surface area (Å²) in [7, 11) is 1.98. The fourth-order valence-electron chi connectivity index (χ4n) is 0.972. The molecule has 1 heterocycles. The van der Waals surface area contributed by atoms with Crippen LogP contribution in [0.1, 0.15) is 24.8 Å². The van der Waals surface area contributed by atoms with Gasteiger partial charge in [-0.2, -0.15) is 0 Å². The molecule has 0 amide bonds. The van der Waals surface area contributed by atoms with Crippen molar-refractivity contribution in [1.29, 1.82) is 0 Å². The predicted octanol–water partition coefficient (Wildman–Crippen LogP) is 2.38. The number of hydrogen-bond acceptors (Lipinski definition) is 4. The Balaban J connectivity index is 2.31. The highest BCUT2D eigenvalue weighted by Gasteiger charge is 2.06. The molecule has 0 saturated carbocycles. The third kappa shape index (κ3) is 3.35. The lowest BCUT2D eigenvalue weighted by Gasteiger charge is -2.07. The third-order valence-corrected chi connectivity index (χ3v) is 3.14. The molecule has 0 bridgehead atoms. The molecule has 0 spiro atoms. The Hall–Kier alpha value is -0.480. The number of rotatable bonds is 5. The molecule has 3 nitrogen and oxygen atoms in total. The van der Waals surface area contributed by atoms with Crippen molar-refractivity contribution >= 4 is 11.8 Å². The first-order valence-corrected chi connectivity index (χ1v) is 5.86. The van der Waals surface area contributed by atoms with Gasteiger partial charge in [0, 0.05) is 11.8 Å². The van der Waals surface area contributed by atoms with Gasteiger partial charge in [-0.15, -0.1) is 0 Å². The van der Waals surface area contributed by atoms with Crippen molar-refractivity contribution in [2.45, 2.75) is 38.5 Å². The molecule has 1 atom stereocenters. The van der Waals surface area contributed by atoms with Gasteiger partial charge >= 0.3 is 0 Å². The Bertz CT molecular complexity index is 266. The maximum Gasteiger partial charge on any atom is 0.256 e. The van der Waals surface area contributed by atoms with Gasteiger partial charge in [-0.05, 0) is 34.2 Å². The van der Waals surface area contributed by atoms with Gasteiger partial charge in [-0.25, -0.2) is 4.98 Å². The van der Waals surface area contributed by atoms with Crippen molar-refractivity contribution < 1.29 is 4.42 Å². The molecule has 0 aliphatic carbocycles. The Morgan fingerprint density at radius 1 is 1.50 bits per heavy atom. The van der Waals surface area contributed by atoms with E-state index in [2.05, 4.69) is 17.2 Å². The van der Waals surface area contributed by atoms with Gasteiger partial charge in [0.2, 0.25) is 0 Å². The van der Waals surface area contributed by atoms with Crippen LogP contribution < -0.4 is 5.32 Å². The summed E-state index contributed by atoms with van der Waals surface area (Å²) < 4.78 is 5.46. The maximum absolute atomic E-state index is 5.46. The number of oxazole rings is 1. The minimum atomic E-state index is 0.555. The predicted molar refractivity (Wildman–Crippen MR) is 59.8 cm³/mol. The number of aryl methyl sites for hydroxylation is 2. The van der Waals surface area contributed by atoms with Gasteiger partial charge in [-0.3, -0.25) is 0 Å². The van der Waals surface area contributed by atoms with Gasteiger partial charge in [0.15, 0.2) is 0 Å². The Kier molecular flexibility index (Phi) is 4.48. The molecule has 1 aromatic rings. The topological polar surface area (TPSA) is 38.1 Å². The lowest BCUT2D eigenvalue weighted by atomic mass is 10.3. The largest absolute Gasteiger partial charge is 0.437 e. The van der Waals surface area contributed by atoms with E-state index in [9.17, 15) is 0 Å². The van der Waals surface area contributed by atoms with Crippen LogP contribution in [0.3, 0.4) is 0 Å². The fourth-order valence-corrected chi connectivity index (χ4v) is 2.00. The maximum atomic E-state index is 5.46. The first-order chi connectivity index (χ1) is 6.63. The second-order valence-electron chi connectivity index (χ2n) is 3.45. The minimum Gasteiger partial charge on any atom is -0.437 e. The first kappa shape index (κ1) is 11.6. The zero-order chi connectivity index (χ0) is 10.6. The molecule has 0 aliphatic heterocycles. The van der Waals surface area contributed by atoms with Crippen molar-refractivity contribution in [2.75, 3.05) is 12.8 Å². The van der Waals surface area contributed by atoms with Crippen LogP contribution >= 0.6 is 11.8 Å². The second kappa shape index (κ2) is 5.41. The van der Waals surface area contributed by atoms with E-state index in [0.717, 1.165) is 28.9 Å². The van der Waals surface area contributed by atoms with Crippen LogP contribution in [0.15, 0.2) is 9.64 Å². The summed E-state index contributed by atoms with van der Waals surface area (Å²) in [6.07, 6.45) is 1.13. The van der Waals surface area contributed by atoms with Gasteiger partial charge in [0.25, 0.3) is 5.22 Å². The van der Waals surface area contributed by atoms with Crippen molar-refractivity contribution in [3.63, 3.8) is 0 Å². The lowest BCUT2D eigenvalue weighted by Crippen LogP contribution is -2.21. The van der Waals surface area contributed by atoms with E-state index in [-0.39, 0.29) is 0 Å². The molecule has 1 rings (SSSR count). The van der Waals surface area contributed by atoms with Gasteiger partial charge in [0.05, 0.1) is 5.69 Å². The van der Waals surface area contributed by atoms with Crippen molar-refractivity contribution in [3.05, 3.63) is 11.5 Å². The molecule has 0 saturated heterocycles. The van der Waals surface area contributed by atoms with Crippen molar-refractivity contribution in [2.24, 2.45) is 0 Å². The molecule has 1 N–H and O–H groups in total. The second-order valence-corrected chi connectivity index (χ2v) is 4.49. The summed E-state index contributed by atoms with van der Waals surface area (Å²) in [6.45, 7) is 6.09. The fraction of sp³-hybridized carbons (Fsp3) is 0.700. The standard InChI is InChI=1S/C10H18N2OS/c1-7(11-4)5-6-14-10-12-8(2)9(3)13-10/h7,11H,5-6H2,1-4H3. The van der Waals surface area contributed by atoms with E-state index in [1.54, 1.807) is 11.8 Å². The van der Waals surface area contributed by atoms with Gasteiger partial charge in [-0.1, -0.05) is 11.8 Å². The number of thioether (sulfide) groups is 1. The number of nitrogens with one attached hydrogen (secondary N) is 1. The highest BCUT2D eigenvalue weighted by Crippen LogP contribution is 2.20. The molecular weight excluding hydrogens is 196 g/mol. The summed E-state index contributed by atoms with van der Waals surface area (Å²) in [5, 5.41) is 4.00. The molecule has 1 aromatic heterocycles. The third-order valence-electron chi connectivity index (χ3n) is 2.28. The van der Waals surface area contributed by atoms with Crippen LogP contribution in [0.2, 0.25) is 0 Å². The summed E-state index contributed by atoms with van der Waals surface area (Å²) in [5.74, 6) is 1.97. The average molecular weight is 214 g/mol. The van der Waals surface area contributed by atoms with Gasteiger partial charge < -0.3 is 9.73 Å². The average Bonchev–Trinajstić information content (AvgIpc) is 2.46. The quantitative estimate of drug-likeness (QED) is 0.764. The summed E-state index contributed by atoms with van der Waals surface area (Å²) >= 11 is 1.68. The van der Waals surface area contributed by atoms with E-state index in [0.29, 0.717) is 6.04 Å². The normalized spacial score (nSPS) is 13.1. The smallest absolute Gasteiger partial charge is 0.256 e. The Morgan fingerprint density at radius 2 is 2.21 bits per heavy atom. The van der Waals surface area contributed by atoms with E-state index >= 15 is 0 Å². The minimum absolute atomic E-state index is 0.555. The van der Waals surface area contributed by atoms with Crippen molar-refractivity contribution in [1.82, 2.24) is 10.3 Å². The van der Waals surface area contributed by atoms with Crippen LogP contribution in [-0.2, 0) is 0 Å². The molecule has 80 valence electrons. The molecule has 14 heavy (non-hydrogen) atoms. The van der Waals surface area contributed by atoms with Crippen LogP contribution in [0, 0.1) is 13.8 Å². The first-order valence-electron chi connectivity index (χ1n) is 4.87. The summed E-state index contributed by atoms with van der Waals surface area (Å²) in [5.41, 5.74) is 0.995. The lowest BCUT2D eigenvalue weighted by molar-refractivity contribution is 0.430. The van der Waals surface area contributed by atoms with E-state index in [1.807, 2.05) is 20.9 Å². The van der Waals surface area contributed by atoms with Crippen LogP contribution in [-0.4, -0.2) is 23.8 Å². The molecule has 0 fully saturated rings. The van der Waals surface area contributed by atoms with Crippen LogP contribution in [0.25, 0.3) is 0 Å². The zero-order valence-electron chi connectivity index (χ0n) is 9.26. The zero-order valence-corrected chi connectivity index (χ0v) is 10.1.